The Kier molecular flexibility index (Phi) is 2.81. The average Bonchev–Trinajstić information content (AvgIpc) is 2.54. The third-order valence-corrected chi connectivity index (χ3v) is 2.94. The van der Waals surface area contributed by atoms with Gasteiger partial charge in [0.05, 0.1) is 6.42 Å². The molecule has 18 heavy (non-hydrogen) atoms. The number of aliphatic carboxylic acids is 1. The number of carboxylic acids is 1. The topological polar surface area (TPSA) is 73.3 Å². The van der Waals surface area contributed by atoms with Crippen LogP contribution < -0.4 is 0 Å². The zero-order chi connectivity index (χ0) is 13.5. The summed E-state index contributed by atoms with van der Waals surface area (Å²) in [6.07, 6.45) is -0.0414. The number of nitrogens with one attached hydrogen (secondary N) is 1. The molecule has 0 radical (unpaired) electrons. The fraction of sp³-hybridized carbons (Fsp3) is 0.357. The van der Waals surface area contributed by atoms with Gasteiger partial charge in [-0.3, -0.25) is 4.79 Å². The Balaban J connectivity index is 2.54. The van der Waals surface area contributed by atoms with E-state index >= 15 is 0 Å². The van der Waals surface area contributed by atoms with Gasteiger partial charge in [0.2, 0.25) is 0 Å². The number of aromatic hydroxyl groups is 1. The van der Waals surface area contributed by atoms with Crippen LogP contribution in [0, 0.1) is 0 Å². The number of H-pyrrole nitrogens is 1. The molecule has 3 N–H and O–H groups in total. The molecule has 0 fully saturated rings. The number of benzene rings is 1. The minimum absolute atomic E-state index is 0.0414. The summed E-state index contributed by atoms with van der Waals surface area (Å²) < 4.78 is 0. The Morgan fingerprint density at radius 3 is 2.50 bits per heavy atom. The first-order valence-corrected chi connectivity index (χ1v) is 5.84. The Morgan fingerprint density at radius 2 is 1.94 bits per heavy atom. The highest BCUT2D eigenvalue weighted by Crippen LogP contribution is 2.34. The normalized spacial score (nSPS) is 11.9. The molecule has 1 heterocycles. The standard InChI is InChI=1S/C14H17NO3/c1-14(2,3)10-5-8-4-9(6-13(17)18)15-11(8)7-12(10)16/h4-5,7,15-16H,6H2,1-3H3,(H,17,18). The Hall–Kier alpha value is -1.97. The number of hydrogen-bond donors (Lipinski definition) is 3. The number of aromatic amines is 1. The molecule has 0 spiro atoms. The van der Waals surface area contributed by atoms with Gasteiger partial charge in [-0.2, -0.15) is 0 Å². The van der Waals surface area contributed by atoms with Crippen LogP contribution in [0.25, 0.3) is 10.9 Å². The van der Waals surface area contributed by atoms with Crippen molar-refractivity contribution in [2.45, 2.75) is 32.6 Å². The number of phenolic OH excluding ortho intramolecular Hbond substituents is 1. The number of aromatic nitrogens is 1. The molecule has 0 atom stereocenters. The minimum atomic E-state index is -0.873. The van der Waals surface area contributed by atoms with Crippen molar-refractivity contribution in [3.05, 3.63) is 29.5 Å². The molecule has 96 valence electrons. The van der Waals surface area contributed by atoms with Crippen LogP contribution in [0.2, 0.25) is 0 Å². The summed E-state index contributed by atoms with van der Waals surface area (Å²) in [6, 6.07) is 5.38. The number of carboxylic acid groups (broad SMARTS) is 1. The summed E-state index contributed by atoms with van der Waals surface area (Å²) in [7, 11) is 0. The van der Waals surface area contributed by atoms with Crippen molar-refractivity contribution in [1.82, 2.24) is 4.98 Å². The number of carbonyl (C=O) groups is 1. The molecule has 1 aromatic heterocycles. The van der Waals surface area contributed by atoms with E-state index in [1.807, 2.05) is 32.9 Å². The molecule has 2 rings (SSSR count). The Morgan fingerprint density at radius 1 is 1.28 bits per heavy atom. The number of phenols is 1. The molecule has 0 aliphatic heterocycles. The van der Waals surface area contributed by atoms with Crippen LogP contribution in [0.15, 0.2) is 18.2 Å². The Bertz CT molecular complexity index is 605. The summed E-state index contributed by atoms with van der Waals surface area (Å²) in [4.78, 5) is 13.7. The predicted octanol–water partition coefficient (Wildman–Crippen LogP) is 2.80. The second-order valence-electron chi connectivity index (χ2n) is 5.57. The first-order valence-electron chi connectivity index (χ1n) is 5.84. The molecule has 0 saturated heterocycles. The highest BCUT2D eigenvalue weighted by Gasteiger charge is 2.19. The Labute approximate surface area is 105 Å². The summed E-state index contributed by atoms with van der Waals surface area (Å²) in [5.74, 6) is -0.638. The summed E-state index contributed by atoms with van der Waals surface area (Å²) in [6.45, 7) is 6.08. The fourth-order valence-corrected chi connectivity index (χ4v) is 2.09. The predicted molar refractivity (Wildman–Crippen MR) is 70.0 cm³/mol. The van der Waals surface area contributed by atoms with Gasteiger partial charge in [-0.15, -0.1) is 0 Å². The molecule has 4 nitrogen and oxygen atoms in total. The first-order chi connectivity index (χ1) is 8.27. The van der Waals surface area contributed by atoms with E-state index < -0.39 is 5.97 Å². The molecule has 1 aromatic carbocycles. The summed E-state index contributed by atoms with van der Waals surface area (Å²) >= 11 is 0. The van der Waals surface area contributed by atoms with Crippen LogP contribution in [0.5, 0.6) is 5.75 Å². The van der Waals surface area contributed by atoms with Crippen LogP contribution in [-0.2, 0) is 16.6 Å². The van der Waals surface area contributed by atoms with Crippen molar-refractivity contribution in [2.75, 3.05) is 0 Å². The van der Waals surface area contributed by atoms with E-state index in [-0.39, 0.29) is 17.6 Å². The van der Waals surface area contributed by atoms with Gasteiger partial charge in [0.1, 0.15) is 5.75 Å². The van der Waals surface area contributed by atoms with Crippen LogP contribution in [0.4, 0.5) is 0 Å². The molecular formula is C14H17NO3. The van der Waals surface area contributed by atoms with E-state index in [2.05, 4.69) is 4.98 Å². The van der Waals surface area contributed by atoms with Crippen molar-refractivity contribution >= 4 is 16.9 Å². The van der Waals surface area contributed by atoms with E-state index in [0.29, 0.717) is 5.69 Å². The van der Waals surface area contributed by atoms with Crippen molar-refractivity contribution in [2.24, 2.45) is 0 Å². The summed E-state index contributed by atoms with van der Waals surface area (Å²) in [5.41, 5.74) is 2.11. The lowest BCUT2D eigenvalue weighted by atomic mass is 9.86. The lowest BCUT2D eigenvalue weighted by Crippen LogP contribution is -2.10. The molecule has 0 amide bonds. The van der Waals surface area contributed by atoms with Crippen LogP contribution in [0.1, 0.15) is 32.0 Å². The fourth-order valence-electron chi connectivity index (χ4n) is 2.09. The smallest absolute Gasteiger partial charge is 0.309 e. The first kappa shape index (κ1) is 12.5. The van der Waals surface area contributed by atoms with Gasteiger partial charge in [-0.25, -0.2) is 0 Å². The van der Waals surface area contributed by atoms with Gasteiger partial charge in [0.15, 0.2) is 0 Å². The third-order valence-electron chi connectivity index (χ3n) is 2.94. The van der Waals surface area contributed by atoms with Gasteiger partial charge >= 0.3 is 5.97 Å². The van der Waals surface area contributed by atoms with Gasteiger partial charge in [-0.05, 0) is 23.1 Å². The zero-order valence-corrected chi connectivity index (χ0v) is 10.7. The van der Waals surface area contributed by atoms with E-state index in [1.165, 1.54) is 0 Å². The van der Waals surface area contributed by atoms with Crippen LogP contribution in [-0.4, -0.2) is 21.2 Å². The maximum Gasteiger partial charge on any atom is 0.309 e. The van der Waals surface area contributed by atoms with E-state index in [1.54, 1.807) is 6.07 Å². The maximum atomic E-state index is 10.7. The lowest BCUT2D eigenvalue weighted by molar-refractivity contribution is -0.136. The van der Waals surface area contributed by atoms with Gasteiger partial charge in [0, 0.05) is 22.7 Å². The van der Waals surface area contributed by atoms with E-state index in [0.717, 1.165) is 16.5 Å². The summed E-state index contributed by atoms with van der Waals surface area (Å²) in [5, 5.41) is 19.7. The van der Waals surface area contributed by atoms with Crippen molar-refractivity contribution in [1.29, 1.82) is 0 Å². The monoisotopic (exact) mass is 247 g/mol. The minimum Gasteiger partial charge on any atom is -0.508 e. The molecule has 0 aliphatic rings. The maximum absolute atomic E-state index is 10.7. The average molecular weight is 247 g/mol. The van der Waals surface area contributed by atoms with E-state index in [9.17, 15) is 9.90 Å². The second-order valence-corrected chi connectivity index (χ2v) is 5.57. The lowest BCUT2D eigenvalue weighted by Gasteiger charge is -2.20. The second kappa shape index (κ2) is 4.05. The van der Waals surface area contributed by atoms with E-state index in [4.69, 9.17) is 5.11 Å². The van der Waals surface area contributed by atoms with Gasteiger partial charge in [-0.1, -0.05) is 20.8 Å². The molecule has 0 aliphatic carbocycles. The quantitative estimate of drug-likeness (QED) is 0.764. The third kappa shape index (κ3) is 2.32. The van der Waals surface area contributed by atoms with Crippen molar-refractivity contribution < 1.29 is 15.0 Å². The molecule has 0 saturated carbocycles. The number of rotatable bonds is 2. The van der Waals surface area contributed by atoms with Gasteiger partial charge in [0.25, 0.3) is 0 Å². The number of fused-ring (bicyclic) bond motifs is 1. The largest absolute Gasteiger partial charge is 0.508 e. The molecular weight excluding hydrogens is 230 g/mol. The SMILES string of the molecule is CC(C)(C)c1cc2cc(CC(=O)O)[nH]c2cc1O. The van der Waals surface area contributed by atoms with Crippen molar-refractivity contribution in [3.8, 4) is 5.75 Å². The molecule has 0 unspecified atom stereocenters. The zero-order valence-electron chi connectivity index (χ0n) is 10.7. The highest BCUT2D eigenvalue weighted by atomic mass is 16.4. The van der Waals surface area contributed by atoms with Gasteiger partial charge < -0.3 is 15.2 Å². The molecule has 2 aromatic rings. The molecule has 4 heteroatoms. The van der Waals surface area contributed by atoms with Crippen molar-refractivity contribution in [3.63, 3.8) is 0 Å². The molecule has 0 bridgehead atoms. The highest BCUT2D eigenvalue weighted by molar-refractivity contribution is 5.84. The van der Waals surface area contributed by atoms with Crippen LogP contribution in [0.3, 0.4) is 0 Å². The number of hydrogen-bond acceptors (Lipinski definition) is 2. The van der Waals surface area contributed by atoms with Crippen LogP contribution >= 0.6 is 0 Å².